The minimum absolute atomic E-state index is 0.00916. The number of carboxylic acid groups (broad SMARTS) is 1. The van der Waals surface area contributed by atoms with Crippen molar-refractivity contribution in [2.45, 2.75) is 25.9 Å². The molecule has 2 amide bonds. The average Bonchev–Trinajstić information content (AvgIpc) is 3.51. The van der Waals surface area contributed by atoms with E-state index < -0.39 is 23.4 Å². The van der Waals surface area contributed by atoms with E-state index in [1.54, 1.807) is 12.1 Å². The molecule has 0 unspecified atom stereocenters. The SMILES string of the molecule is CN1CCN(Cc2ccc(C(=O)Nc3nn(C(=O)O)c4cc(C(=O)NC(C)(C)c5ccccc5)oc34)cc2)CC1. The van der Waals surface area contributed by atoms with Gasteiger partial charge in [0.25, 0.3) is 11.8 Å². The quantitative estimate of drug-likeness (QED) is 0.320. The summed E-state index contributed by atoms with van der Waals surface area (Å²) in [4.78, 5) is 42.6. The molecule has 11 heteroatoms. The third kappa shape index (κ3) is 5.75. The molecule has 3 heterocycles. The topological polar surface area (TPSA) is 133 Å². The Labute approximate surface area is 231 Å². The Bertz CT molecular complexity index is 1530. The van der Waals surface area contributed by atoms with Crippen LogP contribution in [0.25, 0.3) is 11.1 Å². The Morgan fingerprint density at radius 2 is 1.65 bits per heavy atom. The molecule has 1 aliphatic heterocycles. The van der Waals surface area contributed by atoms with Crippen LogP contribution in [-0.2, 0) is 12.1 Å². The molecule has 1 saturated heterocycles. The van der Waals surface area contributed by atoms with Crippen molar-refractivity contribution in [3.8, 4) is 0 Å². The van der Waals surface area contributed by atoms with Crippen LogP contribution in [0.3, 0.4) is 0 Å². The molecule has 40 heavy (non-hydrogen) atoms. The van der Waals surface area contributed by atoms with Crippen LogP contribution in [0.2, 0.25) is 0 Å². The molecule has 11 nitrogen and oxygen atoms in total. The van der Waals surface area contributed by atoms with E-state index in [0.29, 0.717) is 10.2 Å². The van der Waals surface area contributed by atoms with Crippen molar-refractivity contribution in [2.75, 3.05) is 38.5 Å². The summed E-state index contributed by atoms with van der Waals surface area (Å²) in [5.41, 5.74) is 1.69. The Hall–Kier alpha value is -4.48. The van der Waals surface area contributed by atoms with E-state index in [-0.39, 0.29) is 22.7 Å². The number of fused-ring (bicyclic) bond motifs is 1. The molecule has 1 fully saturated rings. The summed E-state index contributed by atoms with van der Waals surface area (Å²) in [6, 6.07) is 18.0. The van der Waals surface area contributed by atoms with Gasteiger partial charge in [0, 0.05) is 44.4 Å². The van der Waals surface area contributed by atoms with Crippen molar-refractivity contribution in [1.82, 2.24) is 24.9 Å². The van der Waals surface area contributed by atoms with Gasteiger partial charge in [0.2, 0.25) is 0 Å². The maximum Gasteiger partial charge on any atom is 0.432 e. The van der Waals surface area contributed by atoms with Crippen LogP contribution in [0, 0.1) is 0 Å². The van der Waals surface area contributed by atoms with E-state index in [1.807, 2.05) is 56.3 Å². The number of nitrogens with zero attached hydrogens (tertiary/aromatic N) is 4. The second-order valence-electron chi connectivity index (χ2n) is 10.5. The predicted octanol–water partition coefficient (Wildman–Crippen LogP) is 3.82. The lowest BCUT2D eigenvalue weighted by Crippen LogP contribution is -2.43. The number of carbonyl (C=O) groups is 3. The van der Waals surface area contributed by atoms with Crippen LogP contribution in [0.4, 0.5) is 10.6 Å². The molecule has 0 saturated carbocycles. The van der Waals surface area contributed by atoms with Crippen LogP contribution in [0.1, 0.15) is 45.9 Å². The molecule has 5 rings (SSSR count). The lowest BCUT2D eigenvalue weighted by Gasteiger charge is -2.32. The van der Waals surface area contributed by atoms with E-state index in [9.17, 15) is 19.5 Å². The number of anilines is 1. The molecule has 4 aromatic rings. The maximum absolute atomic E-state index is 13.1. The van der Waals surface area contributed by atoms with E-state index >= 15 is 0 Å². The van der Waals surface area contributed by atoms with Crippen molar-refractivity contribution in [3.05, 3.63) is 83.1 Å². The highest BCUT2D eigenvalue weighted by Gasteiger charge is 2.28. The number of benzene rings is 2. The normalized spacial score (nSPS) is 14.8. The summed E-state index contributed by atoms with van der Waals surface area (Å²) >= 11 is 0. The number of hydrogen-bond acceptors (Lipinski definition) is 7. The first-order chi connectivity index (χ1) is 19.1. The van der Waals surface area contributed by atoms with E-state index in [2.05, 4.69) is 32.6 Å². The standard InChI is InChI=1S/C29H32N6O5/c1-29(2,21-7-5-4-6-8-21)31-27(37)23-17-22-24(40-23)25(32-35(22)28(38)39)30-26(36)20-11-9-19(10-12-20)18-34-15-13-33(3)14-16-34/h4-12,17H,13-16,18H2,1-3H3,(H,31,37)(H,38,39)(H,30,32,36). The van der Waals surface area contributed by atoms with Crippen LogP contribution in [0.5, 0.6) is 0 Å². The molecule has 3 N–H and O–H groups in total. The zero-order chi connectivity index (χ0) is 28.4. The summed E-state index contributed by atoms with van der Waals surface area (Å²) in [6.07, 6.45) is -1.38. The Morgan fingerprint density at radius 3 is 2.30 bits per heavy atom. The van der Waals surface area contributed by atoms with E-state index in [0.717, 1.165) is 43.9 Å². The maximum atomic E-state index is 13.1. The Morgan fingerprint density at radius 1 is 0.975 bits per heavy atom. The summed E-state index contributed by atoms with van der Waals surface area (Å²) in [5, 5.41) is 19.2. The minimum Gasteiger partial charge on any atom is -0.463 e. The first-order valence-corrected chi connectivity index (χ1v) is 13.1. The highest BCUT2D eigenvalue weighted by Crippen LogP contribution is 2.28. The van der Waals surface area contributed by atoms with Gasteiger partial charge in [-0.2, -0.15) is 4.68 Å². The molecular formula is C29H32N6O5. The second kappa shape index (κ2) is 10.9. The fourth-order valence-corrected chi connectivity index (χ4v) is 4.72. The highest BCUT2D eigenvalue weighted by molar-refractivity contribution is 6.08. The number of rotatable bonds is 7. The molecule has 2 aromatic heterocycles. The molecule has 0 bridgehead atoms. The number of carbonyl (C=O) groups excluding carboxylic acids is 2. The molecule has 1 aliphatic rings. The van der Waals surface area contributed by atoms with Gasteiger partial charge in [0.1, 0.15) is 5.52 Å². The fraction of sp³-hybridized carbons (Fsp3) is 0.310. The molecule has 0 radical (unpaired) electrons. The predicted molar refractivity (Wildman–Crippen MR) is 150 cm³/mol. The molecule has 0 atom stereocenters. The zero-order valence-corrected chi connectivity index (χ0v) is 22.7. The molecule has 0 spiro atoms. The molecule has 0 aliphatic carbocycles. The van der Waals surface area contributed by atoms with Crippen molar-refractivity contribution in [1.29, 1.82) is 0 Å². The van der Waals surface area contributed by atoms with Gasteiger partial charge in [-0.3, -0.25) is 14.5 Å². The van der Waals surface area contributed by atoms with Gasteiger partial charge in [0.05, 0.1) is 5.54 Å². The lowest BCUT2D eigenvalue weighted by molar-refractivity contribution is 0.0885. The number of hydrogen-bond donors (Lipinski definition) is 3. The Kier molecular flexibility index (Phi) is 7.42. The highest BCUT2D eigenvalue weighted by atomic mass is 16.4. The number of aromatic nitrogens is 2. The first-order valence-electron chi connectivity index (χ1n) is 13.1. The summed E-state index contributed by atoms with van der Waals surface area (Å²) < 4.78 is 6.41. The van der Waals surface area contributed by atoms with Crippen LogP contribution in [0.15, 0.2) is 65.1 Å². The van der Waals surface area contributed by atoms with E-state index in [1.165, 1.54) is 6.07 Å². The van der Waals surface area contributed by atoms with Gasteiger partial charge in [-0.15, -0.1) is 5.10 Å². The first kappa shape index (κ1) is 27.1. The number of nitrogens with one attached hydrogen (secondary N) is 2. The third-order valence-electron chi connectivity index (χ3n) is 7.13. The Balaban J connectivity index is 1.32. The molecular weight excluding hydrogens is 512 g/mol. The van der Waals surface area contributed by atoms with Gasteiger partial charge < -0.3 is 25.1 Å². The number of amides is 2. The summed E-state index contributed by atoms with van der Waals surface area (Å²) in [5.74, 6) is -1.20. The zero-order valence-electron chi connectivity index (χ0n) is 22.7. The number of likely N-dealkylation sites (N-methyl/N-ethyl adjacent to an activating group) is 1. The monoisotopic (exact) mass is 544 g/mol. The molecule has 2 aromatic carbocycles. The fourth-order valence-electron chi connectivity index (χ4n) is 4.72. The van der Waals surface area contributed by atoms with Crippen molar-refractivity contribution >= 4 is 34.8 Å². The van der Waals surface area contributed by atoms with E-state index in [4.69, 9.17) is 4.42 Å². The van der Waals surface area contributed by atoms with Crippen LogP contribution in [-0.4, -0.2) is 75.8 Å². The van der Waals surface area contributed by atoms with Gasteiger partial charge in [-0.1, -0.05) is 42.5 Å². The van der Waals surface area contributed by atoms with Gasteiger partial charge in [0.15, 0.2) is 17.2 Å². The van der Waals surface area contributed by atoms with Crippen molar-refractivity contribution < 1.29 is 23.9 Å². The number of piperazine rings is 1. The second-order valence-corrected chi connectivity index (χ2v) is 10.5. The van der Waals surface area contributed by atoms with Gasteiger partial charge in [-0.05, 0) is 44.2 Å². The van der Waals surface area contributed by atoms with Crippen molar-refractivity contribution in [2.24, 2.45) is 0 Å². The van der Waals surface area contributed by atoms with Crippen molar-refractivity contribution in [3.63, 3.8) is 0 Å². The van der Waals surface area contributed by atoms with Gasteiger partial charge >= 0.3 is 6.09 Å². The lowest BCUT2D eigenvalue weighted by atomic mass is 9.94. The number of furan rings is 1. The van der Waals surface area contributed by atoms with Gasteiger partial charge in [-0.25, -0.2) is 4.79 Å². The third-order valence-corrected chi connectivity index (χ3v) is 7.13. The molecule has 208 valence electrons. The average molecular weight is 545 g/mol. The largest absolute Gasteiger partial charge is 0.463 e. The minimum atomic E-state index is -1.38. The smallest absolute Gasteiger partial charge is 0.432 e. The summed E-state index contributed by atoms with van der Waals surface area (Å²) in [7, 11) is 2.11. The van der Waals surface area contributed by atoms with Crippen LogP contribution < -0.4 is 10.6 Å². The summed E-state index contributed by atoms with van der Waals surface area (Å²) in [6.45, 7) is 8.55. The van der Waals surface area contributed by atoms with Crippen LogP contribution >= 0.6 is 0 Å².